The molecule has 0 aliphatic carbocycles. The second-order valence-electron chi connectivity index (χ2n) is 7.31. The first-order chi connectivity index (χ1) is 12.8. The average Bonchev–Trinajstić information content (AvgIpc) is 3.15. The number of methoxy groups -OCH3 is 1. The number of fused-ring (bicyclic) bond motifs is 2. The largest absolute Gasteiger partial charge is 0.497 e. The van der Waals surface area contributed by atoms with E-state index in [1.165, 1.54) is 11.1 Å². The Morgan fingerprint density at radius 2 is 1.85 bits per heavy atom. The van der Waals surface area contributed by atoms with Gasteiger partial charge in [0.15, 0.2) is 11.5 Å². The van der Waals surface area contributed by atoms with Crippen molar-refractivity contribution in [3.05, 3.63) is 47.5 Å². The zero-order valence-corrected chi connectivity index (χ0v) is 14.9. The lowest BCUT2D eigenvalue weighted by atomic mass is 9.75. The molecule has 26 heavy (non-hydrogen) atoms. The Kier molecular flexibility index (Phi) is 3.71. The number of piperidine rings is 1. The normalized spacial score (nSPS) is 22.6. The Morgan fingerprint density at radius 3 is 2.69 bits per heavy atom. The van der Waals surface area contributed by atoms with Crippen molar-refractivity contribution < 1.29 is 18.9 Å². The third-order valence-electron chi connectivity index (χ3n) is 5.81. The van der Waals surface area contributed by atoms with E-state index in [9.17, 15) is 0 Å². The molecule has 0 saturated carbocycles. The Morgan fingerprint density at radius 1 is 1.00 bits per heavy atom. The zero-order valence-electron chi connectivity index (χ0n) is 14.9. The van der Waals surface area contributed by atoms with Crippen LogP contribution in [0.3, 0.4) is 0 Å². The Bertz CT molecular complexity index is 829. The molecule has 5 nitrogen and oxygen atoms in total. The summed E-state index contributed by atoms with van der Waals surface area (Å²) < 4.78 is 23.1. The van der Waals surface area contributed by atoms with Crippen molar-refractivity contribution >= 4 is 0 Å². The molecular weight excluding hydrogens is 330 g/mol. The van der Waals surface area contributed by atoms with Crippen LogP contribution in [0.25, 0.3) is 0 Å². The van der Waals surface area contributed by atoms with Gasteiger partial charge in [-0.1, -0.05) is 12.1 Å². The fourth-order valence-corrected chi connectivity index (χ4v) is 4.39. The van der Waals surface area contributed by atoms with Crippen molar-refractivity contribution in [2.75, 3.05) is 27.0 Å². The third kappa shape index (κ3) is 2.58. The molecule has 1 unspecified atom stereocenters. The maximum atomic E-state index is 6.57. The molecule has 0 radical (unpaired) electrons. The van der Waals surface area contributed by atoms with Crippen LogP contribution in [-0.2, 0) is 0 Å². The maximum absolute atomic E-state index is 6.57. The minimum absolute atomic E-state index is 0.119. The number of rotatable bonds is 2. The predicted molar refractivity (Wildman–Crippen MR) is 97.5 cm³/mol. The lowest BCUT2D eigenvalue weighted by Gasteiger charge is -2.45. The van der Waals surface area contributed by atoms with Gasteiger partial charge in [0.25, 0.3) is 0 Å². The van der Waals surface area contributed by atoms with Gasteiger partial charge < -0.3 is 24.3 Å². The van der Waals surface area contributed by atoms with E-state index in [1.54, 1.807) is 7.11 Å². The molecule has 3 aliphatic heterocycles. The standard InChI is InChI=1S/C21H23NO4/c1-23-15-3-4-16-17(14-2-5-18-20(10-14)25-13-24-18)12-21(26-19(16)11-15)6-8-22-9-7-21/h2-5,10-11,17,22H,6-9,12-13H2,1H3. The van der Waals surface area contributed by atoms with Crippen molar-refractivity contribution in [3.8, 4) is 23.0 Å². The number of benzene rings is 2. The van der Waals surface area contributed by atoms with Gasteiger partial charge in [0.1, 0.15) is 17.1 Å². The fourth-order valence-electron chi connectivity index (χ4n) is 4.39. The molecule has 3 aliphatic rings. The van der Waals surface area contributed by atoms with E-state index in [4.69, 9.17) is 18.9 Å². The highest BCUT2D eigenvalue weighted by molar-refractivity contribution is 5.52. The predicted octanol–water partition coefficient (Wildman–Crippen LogP) is 3.46. The molecule has 5 heteroatoms. The van der Waals surface area contributed by atoms with Crippen molar-refractivity contribution in [2.24, 2.45) is 0 Å². The first kappa shape index (κ1) is 15.8. The molecule has 1 spiro atoms. The summed E-state index contributed by atoms with van der Waals surface area (Å²) in [7, 11) is 1.69. The van der Waals surface area contributed by atoms with Crippen LogP contribution in [0.5, 0.6) is 23.0 Å². The minimum atomic E-state index is -0.119. The van der Waals surface area contributed by atoms with Crippen LogP contribution in [0.2, 0.25) is 0 Å². The van der Waals surface area contributed by atoms with Crippen molar-refractivity contribution in [1.29, 1.82) is 0 Å². The maximum Gasteiger partial charge on any atom is 0.231 e. The molecule has 1 saturated heterocycles. The molecule has 2 aromatic rings. The quantitative estimate of drug-likeness (QED) is 0.896. The number of hydrogen-bond acceptors (Lipinski definition) is 5. The molecule has 1 fully saturated rings. The van der Waals surface area contributed by atoms with Gasteiger partial charge in [-0.3, -0.25) is 0 Å². The van der Waals surface area contributed by atoms with Crippen molar-refractivity contribution in [3.63, 3.8) is 0 Å². The van der Waals surface area contributed by atoms with Gasteiger partial charge in [-0.25, -0.2) is 0 Å². The lowest BCUT2D eigenvalue weighted by Crippen LogP contribution is -2.49. The summed E-state index contributed by atoms with van der Waals surface area (Å²) in [6, 6.07) is 12.5. The van der Waals surface area contributed by atoms with E-state index >= 15 is 0 Å². The van der Waals surface area contributed by atoms with Crippen LogP contribution in [0.4, 0.5) is 0 Å². The highest BCUT2D eigenvalue weighted by Crippen LogP contribution is 2.49. The van der Waals surface area contributed by atoms with Gasteiger partial charge in [-0.2, -0.15) is 0 Å². The summed E-state index contributed by atoms with van der Waals surface area (Å²) in [5.41, 5.74) is 2.35. The first-order valence-electron chi connectivity index (χ1n) is 9.24. The van der Waals surface area contributed by atoms with Crippen molar-refractivity contribution in [2.45, 2.75) is 30.8 Å². The van der Waals surface area contributed by atoms with Gasteiger partial charge >= 0.3 is 0 Å². The van der Waals surface area contributed by atoms with E-state index in [0.717, 1.165) is 55.4 Å². The van der Waals surface area contributed by atoms with Crippen LogP contribution in [-0.4, -0.2) is 32.6 Å². The second kappa shape index (κ2) is 6.09. The summed E-state index contributed by atoms with van der Waals surface area (Å²) in [6.07, 6.45) is 3.02. The van der Waals surface area contributed by atoms with Gasteiger partial charge in [0.2, 0.25) is 6.79 Å². The van der Waals surface area contributed by atoms with E-state index in [1.807, 2.05) is 18.2 Å². The van der Waals surface area contributed by atoms with Crippen molar-refractivity contribution in [1.82, 2.24) is 5.32 Å². The molecule has 1 N–H and O–H groups in total. The van der Waals surface area contributed by atoms with Gasteiger partial charge in [-0.05, 0) is 56.1 Å². The highest BCUT2D eigenvalue weighted by atomic mass is 16.7. The Labute approximate surface area is 153 Å². The van der Waals surface area contributed by atoms with Crippen LogP contribution in [0.15, 0.2) is 36.4 Å². The smallest absolute Gasteiger partial charge is 0.231 e. The SMILES string of the molecule is COc1ccc2c(c1)OC1(CCNCC1)CC2c1ccc2c(c1)OCO2. The van der Waals surface area contributed by atoms with Crippen LogP contribution < -0.4 is 24.3 Å². The molecule has 0 aromatic heterocycles. The Balaban J connectivity index is 1.59. The number of ether oxygens (including phenoxy) is 4. The molecule has 136 valence electrons. The molecule has 5 rings (SSSR count). The average molecular weight is 353 g/mol. The number of hydrogen-bond donors (Lipinski definition) is 1. The van der Waals surface area contributed by atoms with Crippen LogP contribution >= 0.6 is 0 Å². The molecule has 1 atom stereocenters. The monoisotopic (exact) mass is 353 g/mol. The van der Waals surface area contributed by atoms with Gasteiger partial charge in [0.05, 0.1) is 7.11 Å². The van der Waals surface area contributed by atoms with E-state index in [2.05, 4.69) is 23.5 Å². The summed E-state index contributed by atoms with van der Waals surface area (Å²) in [5, 5.41) is 3.45. The summed E-state index contributed by atoms with van der Waals surface area (Å²) >= 11 is 0. The van der Waals surface area contributed by atoms with Crippen LogP contribution in [0, 0.1) is 0 Å². The van der Waals surface area contributed by atoms with E-state index in [0.29, 0.717) is 6.79 Å². The second-order valence-corrected chi connectivity index (χ2v) is 7.31. The molecule has 0 bridgehead atoms. The van der Waals surface area contributed by atoms with Gasteiger partial charge in [0, 0.05) is 17.5 Å². The minimum Gasteiger partial charge on any atom is -0.497 e. The Hall–Kier alpha value is -2.40. The highest BCUT2D eigenvalue weighted by Gasteiger charge is 2.42. The summed E-state index contributed by atoms with van der Waals surface area (Å²) in [6.45, 7) is 2.29. The lowest BCUT2D eigenvalue weighted by molar-refractivity contribution is 0.0112. The van der Waals surface area contributed by atoms with Gasteiger partial charge in [-0.15, -0.1) is 0 Å². The van der Waals surface area contributed by atoms with E-state index in [-0.39, 0.29) is 11.5 Å². The molecule has 3 heterocycles. The van der Waals surface area contributed by atoms with E-state index < -0.39 is 0 Å². The van der Waals surface area contributed by atoms with Crippen LogP contribution in [0.1, 0.15) is 36.3 Å². The first-order valence-corrected chi connectivity index (χ1v) is 9.24. The topological polar surface area (TPSA) is 49.0 Å². The summed E-state index contributed by atoms with van der Waals surface area (Å²) in [4.78, 5) is 0. The summed E-state index contributed by atoms with van der Waals surface area (Å²) in [5.74, 6) is 3.72. The molecule has 2 aromatic carbocycles. The number of nitrogens with one attached hydrogen (secondary N) is 1. The molecule has 0 amide bonds. The zero-order chi connectivity index (χ0) is 17.6. The third-order valence-corrected chi connectivity index (χ3v) is 5.81. The molecular formula is C21H23NO4. The fraction of sp³-hybridized carbons (Fsp3) is 0.429.